The predicted molar refractivity (Wildman–Crippen MR) is 212 cm³/mol. The van der Waals surface area contributed by atoms with E-state index in [0.29, 0.717) is 0 Å². The number of anilines is 3. The molecule has 0 radical (unpaired) electrons. The van der Waals surface area contributed by atoms with Crippen LogP contribution in [0.1, 0.15) is 48.9 Å². The van der Waals surface area contributed by atoms with Gasteiger partial charge in [0, 0.05) is 22.5 Å². The number of hydrogen-bond acceptors (Lipinski definition) is 1. The van der Waals surface area contributed by atoms with Crippen molar-refractivity contribution in [2.45, 2.75) is 44.9 Å². The zero-order valence-electron chi connectivity index (χ0n) is 28.9. The SMILES string of the molecule is CC1(C)c2ccccc2-c2ccc(N(c3ccc(-c4ccc5c(c4)CCCC5)cc3)c3ccc(-c4ccccc4-c4ccccc4)cc3)cc21. The van der Waals surface area contributed by atoms with Crippen LogP contribution in [0.5, 0.6) is 0 Å². The molecule has 0 amide bonds. The highest BCUT2D eigenvalue weighted by atomic mass is 15.1. The second kappa shape index (κ2) is 12.3. The van der Waals surface area contributed by atoms with Crippen LogP contribution < -0.4 is 4.90 Å². The Morgan fingerprint density at radius 3 is 1.60 bits per heavy atom. The van der Waals surface area contributed by atoms with Gasteiger partial charge in [-0.3, -0.25) is 0 Å². The molecule has 0 heterocycles. The third-order valence-corrected chi connectivity index (χ3v) is 11.1. The minimum Gasteiger partial charge on any atom is -0.310 e. The van der Waals surface area contributed by atoms with Gasteiger partial charge < -0.3 is 4.90 Å². The van der Waals surface area contributed by atoms with Crippen LogP contribution in [-0.2, 0) is 18.3 Å². The van der Waals surface area contributed by atoms with Crippen molar-refractivity contribution in [2.24, 2.45) is 0 Å². The van der Waals surface area contributed by atoms with Crippen molar-refractivity contribution in [3.8, 4) is 44.5 Å². The molecule has 2 aliphatic carbocycles. The minimum atomic E-state index is -0.0745. The third kappa shape index (κ3) is 5.26. The van der Waals surface area contributed by atoms with Crippen LogP contribution >= 0.6 is 0 Å². The summed E-state index contributed by atoms with van der Waals surface area (Å²) in [5.74, 6) is 0. The van der Waals surface area contributed by atoms with E-state index >= 15 is 0 Å². The number of aryl methyl sites for hydroxylation is 2. The highest BCUT2D eigenvalue weighted by molar-refractivity contribution is 5.88. The maximum Gasteiger partial charge on any atom is 0.0465 e. The quantitative estimate of drug-likeness (QED) is 0.174. The van der Waals surface area contributed by atoms with E-state index in [1.807, 2.05) is 0 Å². The van der Waals surface area contributed by atoms with Gasteiger partial charge in [0.2, 0.25) is 0 Å². The number of fused-ring (bicyclic) bond motifs is 4. The van der Waals surface area contributed by atoms with Crippen LogP contribution in [0, 0.1) is 0 Å². The van der Waals surface area contributed by atoms with Gasteiger partial charge in [0.05, 0.1) is 0 Å². The van der Waals surface area contributed by atoms with Gasteiger partial charge in [-0.2, -0.15) is 0 Å². The van der Waals surface area contributed by atoms with Crippen LogP contribution in [-0.4, -0.2) is 0 Å². The van der Waals surface area contributed by atoms with Crippen molar-refractivity contribution >= 4 is 17.1 Å². The summed E-state index contributed by atoms with van der Waals surface area (Å²) in [6.45, 7) is 4.72. The maximum atomic E-state index is 2.42. The molecule has 9 rings (SSSR count). The van der Waals surface area contributed by atoms with E-state index in [1.54, 1.807) is 0 Å². The fraction of sp³-hybridized carbons (Fsp3) is 0.143. The fourth-order valence-corrected chi connectivity index (χ4v) is 8.39. The Balaban J connectivity index is 1.13. The molecule has 0 atom stereocenters. The summed E-state index contributed by atoms with van der Waals surface area (Å²) in [7, 11) is 0. The lowest BCUT2D eigenvalue weighted by Crippen LogP contribution is -2.16. The number of nitrogens with zero attached hydrogens (tertiary/aromatic N) is 1. The molecular weight excluding hydrogens is 603 g/mol. The summed E-state index contributed by atoms with van der Waals surface area (Å²) in [6, 6.07) is 60.7. The molecule has 0 N–H and O–H groups in total. The molecule has 0 saturated heterocycles. The molecule has 50 heavy (non-hydrogen) atoms. The number of benzene rings is 7. The molecule has 0 aromatic heterocycles. The smallest absolute Gasteiger partial charge is 0.0465 e. The topological polar surface area (TPSA) is 3.24 Å². The monoisotopic (exact) mass is 643 g/mol. The molecule has 2 aliphatic rings. The average Bonchev–Trinajstić information content (AvgIpc) is 3.41. The summed E-state index contributed by atoms with van der Waals surface area (Å²) >= 11 is 0. The molecule has 0 bridgehead atoms. The van der Waals surface area contributed by atoms with E-state index in [-0.39, 0.29) is 5.41 Å². The molecule has 0 spiro atoms. The largest absolute Gasteiger partial charge is 0.310 e. The number of rotatable bonds is 6. The van der Waals surface area contributed by atoms with E-state index in [4.69, 9.17) is 0 Å². The van der Waals surface area contributed by atoms with Crippen LogP contribution in [0.3, 0.4) is 0 Å². The summed E-state index contributed by atoms with van der Waals surface area (Å²) in [5, 5.41) is 0. The van der Waals surface area contributed by atoms with Gasteiger partial charge in [-0.15, -0.1) is 0 Å². The molecule has 1 heteroatoms. The summed E-state index contributed by atoms with van der Waals surface area (Å²) in [4.78, 5) is 2.42. The van der Waals surface area contributed by atoms with Crippen molar-refractivity contribution in [1.29, 1.82) is 0 Å². The van der Waals surface area contributed by atoms with E-state index < -0.39 is 0 Å². The highest BCUT2D eigenvalue weighted by Crippen LogP contribution is 2.50. The normalized spacial score (nSPS) is 14.0. The van der Waals surface area contributed by atoms with Gasteiger partial charge in [-0.25, -0.2) is 0 Å². The lowest BCUT2D eigenvalue weighted by Gasteiger charge is -2.28. The van der Waals surface area contributed by atoms with Crippen LogP contribution in [0.25, 0.3) is 44.5 Å². The Kier molecular flexibility index (Phi) is 7.50. The Bertz CT molecular complexity index is 2330. The molecule has 0 unspecified atom stereocenters. The predicted octanol–water partition coefficient (Wildman–Crippen LogP) is 13.3. The first-order valence-corrected chi connectivity index (χ1v) is 18.1. The van der Waals surface area contributed by atoms with Gasteiger partial charge in [-0.1, -0.05) is 141 Å². The first-order chi connectivity index (χ1) is 24.5. The first kappa shape index (κ1) is 30.4. The van der Waals surface area contributed by atoms with Gasteiger partial charge in [-0.05, 0) is 129 Å². The maximum absolute atomic E-state index is 2.42. The van der Waals surface area contributed by atoms with Crippen LogP contribution in [0.15, 0.2) is 164 Å². The van der Waals surface area contributed by atoms with Crippen LogP contribution in [0.2, 0.25) is 0 Å². The molecule has 0 aliphatic heterocycles. The molecule has 7 aromatic carbocycles. The van der Waals surface area contributed by atoms with E-state index in [9.17, 15) is 0 Å². The third-order valence-electron chi connectivity index (χ3n) is 11.1. The summed E-state index contributed by atoms with van der Waals surface area (Å²) in [5.41, 5.74) is 19.4. The highest BCUT2D eigenvalue weighted by Gasteiger charge is 2.35. The van der Waals surface area contributed by atoms with Gasteiger partial charge >= 0.3 is 0 Å². The van der Waals surface area contributed by atoms with Crippen molar-refractivity contribution in [1.82, 2.24) is 0 Å². The molecule has 7 aromatic rings. The molecule has 242 valence electrons. The zero-order valence-corrected chi connectivity index (χ0v) is 28.9. The Morgan fingerprint density at radius 2 is 0.900 bits per heavy atom. The Labute approximate surface area is 296 Å². The molecule has 0 fully saturated rings. The lowest BCUT2D eigenvalue weighted by atomic mass is 9.82. The van der Waals surface area contributed by atoms with Crippen LogP contribution in [0.4, 0.5) is 17.1 Å². The Morgan fingerprint density at radius 1 is 0.380 bits per heavy atom. The minimum absolute atomic E-state index is 0.0745. The van der Waals surface area contributed by atoms with Gasteiger partial charge in [0.25, 0.3) is 0 Å². The van der Waals surface area contributed by atoms with Crippen molar-refractivity contribution < 1.29 is 0 Å². The molecule has 1 nitrogen and oxygen atoms in total. The van der Waals surface area contributed by atoms with Gasteiger partial charge in [0.1, 0.15) is 0 Å². The summed E-state index contributed by atoms with van der Waals surface area (Å²) < 4.78 is 0. The molecular formula is C49H41N. The van der Waals surface area contributed by atoms with E-state index in [0.717, 1.165) is 11.4 Å². The molecule has 0 saturated carbocycles. The zero-order chi connectivity index (χ0) is 33.7. The van der Waals surface area contributed by atoms with Crippen molar-refractivity contribution in [2.75, 3.05) is 4.90 Å². The van der Waals surface area contributed by atoms with E-state index in [1.165, 1.54) is 98.1 Å². The summed E-state index contributed by atoms with van der Waals surface area (Å²) in [6.07, 6.45) is 5.01. The first-order valence-electron chi connectivity index (χ1n) is 18.1. The number of hydrogen-bond donors (Lipinski definition) is 0. The Hall–Kier alpha value is -5.66. The average molecular weight is 644 g/mol. The lowest BCUT2D eigenvalue weighted by molar-refractivity contribution is 0.660. The van der Waals surface area contributed by atoms with Gasteiger partial charge in [0.15, 0.2) is 0 Å². The standard InChI is InChI=1S/C49H41N/c1-49(2)47-19-11-10-18-45(47)46-31-30-42(33-48(46)49)50(40-26-22-35(23-27-40)39-21-20-34-12-6-7-15-38(34)32-39)41-28-24-37(25-29-41)44-17-9-8-16-43(44)36-13-4-3-5-14-36/h3-5,8-11,13-14,16-33H,6-7,12,15H2,1-2H3. The van der Waals surface area contributed by atoms with Crippen molar-refractivity contribution in [3.63, 3.8) is 0 Å². The van der Waals surface area contributed by atoms with Crippen molar-refractivity contribution in [3.05, 3.63) is 186 Å². The van der Waals surface area contributed by atoms with E-state index in [2.05, 4.69) is 183 Å². The fourth-order valence-electron chi connectivity index (χ4n) is 8.39. The second-order valence-corrected chi connectivity index (χ2v) is 14.4. The second-order valence-electron chi connectivity index (χ2n) is 14.4.